The van der Waals surface area contributed by atoms with Gasteiger partial charge < -0.3 is 33.5 Å². The van der Waals surface area contributed by atoms with Gasteiger partial charge in [-0.05, 0) is 87.2 Å². The van der Waals surface area contributed by atoms with Crippen molar-refractivity contribution in [1.29, 1.82) is 0 Å². The second-order valence-corrected chi connectivity index (χ2v) is 18.3. The van der Waals surface area contributed by atoms with Crippen LogP contribution in [0.4, 0.5) is 25.0 Å². The van der Waals surface area contributed by atoms with Gasteiger partial charge in [-0.25, -0.2) is 41.5 Å². The standard InChI is InChI=1S/C47H58F2N8O12S/c1-4-43(33(2)67-46(60)69-34(3)68-44(58)9-7-5-6-8-24-66-70(61,62)63)57-45(59)56(32-52-57)39-13-11-37(12-14-39)53-20-22-54(23-21-53)38-15-17-40(18-16-38)64-27-35-26-47(65-28-35,29-55-31-50-30-51-55)41-19-10-36(48)25-42(41)49/h10-19,25,30-35,43H,4-9,20-24,26-29H2,1-3H3,(H,61,62,63)/t33-,34?,35+,43-,47-/m0/s1. The molecule has 5 aromatic rings. The molecule has 378 valence electrons. The van der Waals surface area contributed by atoms with Crippen LogP contribution in [0.3, 0.4) is 0 Å². The number of esters is 1. The van der Waals surface area contributed by atoms with Gasteiger partial charge in [0, 0.05) is 68.4 Å². The van der Waals surface area contributed by atoms with Crippen molar-refractivity contribution in [1.82, 2.24) is 29.1 Å². The summed E-state index contributed by atoms with van der Waals surface area (Å²) in [7, 11) is -4.48. The van der Waals surface area contributed by atoms with E-state index in [4.69, 9.17) is 28.2 Å². The monoisotopic (exact) mass is 996 g/mol. The number of rotatable bonds is 23. The fourth-order valence-corrected chi connectivity index (χ4v) is 9.10. The molecule has 2 aliphatic heterocycles. The van der Waals surface area contributed by atoms with Crippen LogP contribution in [-0.2, 0) is 50.5 Å². The topological polar surface area (TPSA) is 221 Å². The Kier molecular flexibility index (Phi) is 17.2. The van der Waals surface area contributed by atoms with Gasteiger partial charge in [-0.2, -0.15) is 18.6 Å². The summed E-state index contributed by atoms with van der Waals surface area (Å²) in [5.41, 5.74) is 1.47. The van der Waals surface area contributed by atoms with Gasteiger partial charge in [-0.1, -0.05) is 25.8 Å². The Balaban J connectivity index is 0.839. The second-order valence-electron chi connectivity index (χ2n) is 17.3. The Bertz CT molecular complexity index is 2660. The first-order chi connectivity index (χ1) is 33.6. The maximum Gasteiger partial charge on any atom is 0.511 e. The molecule has 4 heterocycles. The molecule has 70 heavy (non-hydrogen) atoms. The minimum absolute atomic E-state index is 0.0430. The Morgan fingerprint density at radius 3 is 2.19 bits per heavy atom. The molecular formula is C47H58F2N8O12S. The SMILES string of the molecule is CC[C@@H]([C@H](C)OC(=O)OC(C)OC(=O)CCCCCCOS(=O)(=O)O)n1ncn(-c2ccc(N3CCN(c4ccc(OC[C@@H]5CO[C@@](Cn6cncn6)(c6ccc(F)cc6F)C5)cc4)CC3)cc2)c1=O. The lowest BCUT2D eigenvalue weighted by Gasteiger charge is -2.37. The maximum atomic E-state index is 15.1. The summed E-state index contributed by atoms with van der Waals surface area (Å²) in [5.74, 6) is -1.28. The molecule has 0 aliphatic carbocycles. The maximum absolute atomic E-state index is 15.1. The number of piperazine rings is 1. The minimum atomic E-state index is -4.48. The molecule has 0 amide bonds. The molecular weight excluding hydrogens is 939 g/mol. The van der Waals surface area contributed by atoms with E-state index in [-0.39, 0.29) is 31.1 Å². The molecule has 2 fully saturated rings. The number of ether oxygens (including phenoxy) is 5. The predicted molar refractivity (Wildman–Crippen MR) is 249 cm³/mol. The second kappa shape index (κ2) is 23.5. The van der Waals surface area contributed by atoms with Gasteiger partial charge in [-0.15, -0.1) is 0 Å². The number of anilines is 2. The molecule has 23 heteroatoms. The van der Waals surface area contributed by atoms with Crippen molar-refractivity contribution in [3.8, 4) is 11.4 Å². The van der Waals surface area contributed by atoms with E-state index >= 15 is 4.39 Å². The Labute approximate surface area is 403 Å². The summed E-state index contributed by atoms with van der Waals surface area (Å²) in [6.45, 7) is 8.65. The van der Waals surface area contributed by atoms with Gasteiger partial charge in [0.1, 0.15) is 48.1 Å². The van der Waals surface area contributed by atoms with E-state index in [2.05, 4.69) is 29.2 Å². The average Bonchev–Trinajstić information content (AvgIpc) is 4.09. The zero-order valence-electron chi connectivity index (χ0n) is 39.2. The molecule has 0 saturated carbocycles. The molecule has 0 spiro atoms. The number of hydrogen-bond donors (Lipinski definition) is 1. The summed E-state index contributed by atoms with van der Waals surface area (Å²) in [6, 6.07) is 18.5. The number of unbranched alkanes of at least 4 members (excludes halogenated alkanes) is 3. The van der Waals surface area contributed by atoms with Crippen molar-refractivity contribution in [2.45, 2.75) is 96.3 Å². The first-order valence-electron chi connectivity index (χ1n) is 23.2. The van der Waals surface area contributed by atoms with Crippen molar-refractivity contribution >= 4 is 33.9 Å². The number of halogens is 2. The highest BCUT2D eigenvalue weighted by molar-refractivity contribution is 7.80. The number of aromatic nitrogens is 6. The summed E-state index contributed by atoms with van der Waals surface area (Å²) < 4.78 is 95.3. The number of carbonyl (C=O) groups is 2. The van der Waals surface area contributed by atoms with Crippen molar-refractivity contribution in [2.24, 2.45) is 5.92 Å². The lowest BCUT2D eigenvalue weighted by molar-refractivity contribution is -0.169. The fourth-order valence-electron chi connectivity index (χ4n) is 8.78. The predicted octanol–water partition coefficient (Wildman–Crippen LogP) is 6.39. The van der Waals surface area contributed by atoms with Gasteiger partial charge >= 0.3 is 28.2 Å². The lowest BCUT2D eigenvalue weighted by atomic mass is 9.87. The van der Waals surface area contributed by atoms with Gasteiger partial charge in [0.2, 0.25) is 6.29 Å². The van der Waals surface area contributed by atoms with E-state index < -0.39 is 63.9 Å². The Morgan fingerprint density at radius 1 is 0.871 bits per heavy atom. The highest BCUT2D eigenvalue weighted by Crippen LogP contribution is 2.42. The Hall–Kier alpha value is -6.43. The average molecular weight is 997 g/mol. The van der Waals surface area contributed by atoms with Crippen LogP contribution in [0, 0.1) is 17.6 Å². The van der Waals surface area contributed by atoms with Crippen LogP contribution in [0.15, 0.2) is 90.5 Å². The third-order valence-corrected chi connectivity index (χ3v) is 12.8. The van der Waals surface area contributed by atoms with Gasteiger partial charge in [0.15, 0.2) is 0 Å². The largest absolute Gasteiger partial charge is 0.511 e. The van der Waals surface area contributed by atoms with E-state index in [1.54, 1.807) is 17.9 Å². The van der Waals surface area contributed by atoms with Crippen LogP contribution in [0.2, 0.25) is 0 Å². The number of benzene rings is 3. The van der Waals surface area contributed by atoms with Gasteiger partial charge in [0.05, 0.1) is 38.1 Å². The fraction of sp³-hybridized carbons (Fsp3) is 0.489. The minimum Gasteiger partial charge on any atom is -0.493 e. The molecule has 1 unspecified atom stereocenters. The molecule has 2 saturated heterocycles. The van der Waals surface area contributed by atoms with Crippen molar-refractivity contribution in [3.63, 3.8) is 0 Å². The molecule has 0 radical (unpaired) electrons. The highest BCUT2D eigenvalue weighted by atomic mass is 32.3. The number of carbonyl (C=O) groups excluding carboxylic acids is 2. The molecule has 1 N–H and O–H groups in total. The summed E-state index contributed by atoms with van der Waals surface area (Å²) in [6.07, 6.45) is 4.07. The number of hydrogen-bond acceptors (Lipinski definition) is 16. The Morgan fingerprint density at radius 2 is 1.54 bits per heavy atom. The quantitative estimate of drug-likeness (QED) is 0.0324. The van der Waals surface area contributed by atoms with Crippen molar-refractivity contribution in [3.05, 3.63) is 113 Å². The zero-order chi connectivity index (χ0) is 49.8. The van der Waals surface area contributed by atoms with E-state index in [0.29, 0.717) is 63.2 Å². The van der Waals surface area contributed by atoms with Gasteiger partial charge in [-0.3, -0.25) is 9.35 Å². The van der Waals surface area contributed by atoms with Crippen LogP contribution in [0.25, 0.3) is 5.69 Å². The van der Waals surface area contributed by atoms with Gasteiger partial charge in [0.25, 0.3) is 0 Å². The zero-order valence-corrected chi connectivity index (χ0v) is 40.0. The lowest BCUT2D eigenvalue weighted by Crippen LogP contribution is -2.46. The van der Waals surface area contributed by atoms with Crippen molar-refractivity contribution < 1.29 is 59.2 Å². The van der Waals surface area contributed by atoms with E-state index in [1.165, 1.54) is 41.0 Å². The molecule has 2 aromatic heterocycles. The summed E-state index contributed by atoms with van der Waals surface area (Å²) >= 11 is 0. The first kappa shape index (κ1) is 51.4. The van der Waals surface area contributed by atoms with E-state index in [0.717, 1.165) is 43.6 Å². The first-order valence-corrected chi connectivity index (χ1v) is 24.6. The molecule has 5 atom stereocenters. The molecule has 2 aliphatic rings. The van der Waals surface area contributed by atoms with E-state index in [9.17, 15) is 27.2 Å². The molecule has 20 nitrogen and oxygen atoms in total. The normalized spacial score (nSPS) is 18.6. The summed E-state index contributed by atoms with van der Waals surface area (Å²) in [5, 5.41) is 8.52. The van der Waals surface area contributed by atoms with Crippen LogP contribution in [0.5, 0.6) is 5.75 Å². The molecule has 3 aromatic carbocycles. The summed E-state index contributed by atoms with van der Waals surface area (Å²) in [4.78, 5) is 47.0. The van der Waals surface area contributed by atoms with Crippen molar-refractivity contribution in [2.75, 3.05) is 55.8 Å². The third-order valence-electron chi connectivity index (χ3n) is 12.3. The van der Waals surface area contributed by atoms with E-state index in [1.807, 2.05) is 55.5 Å². The van der Waals surface area contributed by atoms with Crippen LogP contribution < -0.4 is 20.2 Å². The van der Waals surface area contributed by atoms with Crippen LogP contribution in [-0.4, -0.2) is 113 Å². The highest BCUT2D eigenvalue weighted by Gasteiger charge is 2.45. The van der Waals surface area contributed by atoms with Crippen LogP contribution >= 0.6 is 0 Å². The molecule has 0 bridgehead atoms. The smallest absolute Gasteiger partial charge is 0.493 e. The third kappa shape index (κ3) is 13.7. The van der Waals surface area contributed by atoms with Crippen LogP contribution in [0.1, 0.15) is 77.3 Å². The molecule has 7 rings (SSSR count). The number of nitrogens with zero attached hydrogens (tertiary/aromatic N) is 8.